The van der Waals surface area contributed by atoms with Crippen molar-refractivity contribution >= 4 is 126 Å². The zero-order valence-electron chi connectivity index (χ0n) is 63.0. The Morgan fingerprint density at radius 3 is 1.19 bits per heavy atom. The summed E-state index contributed by atoms with van der Waals surface area (Å²) in [6, 6.07) is 124. The highest BCUT2D eigenvalue weighted by molar-refractivity contribution is 7.00. The van der Waals surface area contributed by atoms with Crippen molar-refractivity contribution < 1.29 is 9.47 Å². The van der Waals surface area contributed by atoms with E-state index < -0.39 is 5.41 Å². The van der Waals surface area contributed by atoms with Crippen LogP contribution in [0.25, 0.3) is 11.1 Å². The Morgan fingerprint density at radius 2 is 0.679 bits per heavy atom. The molecule has 3 fully saturated rings. The monoisotopic (exact) mass is 1450 g/mol. The molecular formula is C103H85B2N5O2. The molecule has 540 valence electrons. The molecule has 14 aromatic rings. The molecule has 4 aliphatic carbocycles. The zero-order chi connectivity index (χ0) is 73.5. The van der Waals surface area contributed by atoms with Crippen molar-refractivity contribution in [2.45, 2.75) is 94.9 Å². The van der Waals surface area contributed by atoms with Gasteiger partial charge in [0, 0.05) is 104 Å². The van der Waals surface area contributed by atoms with Gasteiger partial charge in [-0.1, -0.05) is 277 Å². The lowest BCUT2D eigenvalue weighted by atomic mass is 9.33. The largest absolute Gasteiger partial charge is 0.458 e. The summed E-state index contributed by atoms with van der Waals surface area (Å²) < 4.78 is 16.1. The molecule has 2 atom stereocenters. The van der Waals surface area contributed by atoms with Gasteiger partial charge in [-0.05, 0) is 195 Å². The molecule has 5 heterocycles. The SMILES string of the molecule is c1ccc(N(c2ccccc2)c2cc3c4c(c2)N(c2ccccc2)c2ccccc2B4c2cc4c(cc2O3)Oc2cc3c(cc2C42c4ccccc4-c4ccccc42)B2c4ccccc4N(c4ccccc4)c4cc(N(c5ccccc5)c5ccccc5)cc(c42)N3C2C(C3CCCCC3)CCCC2C2CCCCC2)cc1. The number of fused-ring (bicyclic) bond motifs is 17. The molecular weight excluding hydrogens is 1360 g/mol. The van der Waals surface area contributed by atoms with Crippen LogP contribution in [0.4, 0.5) is 79.6 Å². The van der Waals surface area contributed by atoms with E-state index in [4.69, 9.17) is 9.47 Å². The average Bonchev–Trinajstić information content (AvgIpc) is 1.34. The minimum Gasteiger partial charge on any atom is -0.458 e. The number of benzene rings is 14. The normalized spacial score (nSPS) is 18.4. The number of hydrogen-bond acceptors (Lipinski definition) is 7. The second-order valence-corrected chi connectivity index (χ2v) is 32.9. The van der Waals surface area contributed by atoms with Crippen LogP contribution in [0.3, 0.4) is 0 Å². The van der Waals surface area contributed by atoms with E-state index in [0.29, 0.717) is 23.7 Å². The van der Waals surface area contributed by atoms with Gasteiger partial charge in [0.1, 0.15) is 23.0 Å². The van der Waals surface area contributed by atoms with E-state index in [2.05, 4.69) is 352 Å². The third-order valence-electron chi connectivity index (χ3n) is 27.2. The van der Waals surface area contributed by atoms with Crippen LogP contribution in [-0.2, 0) is 5.41 Å². The van der Waals surface area contributed by atoms with Crippen molar-refractivity contribution in [2.24, 2.45) is 23.7 Å². The molecule has 2 unspecified atom stereocenters. The highest BCUT2D eigenvalue weighted by Crippen LogP contribution is 2.64. The van der Waals surface area contributed by atoms with Crippen molar-refractivity contribution in [3.05, 3.63) is 350 Å². The van der Waals surface area contributed by atoms with Crippen molar-refractivity contribution in [1.82, 2.24) is 0 Å². The predicted octanol–water partition coefficient (Wildman–Crippen LogP) is 23.2. The first-order chi connectivity index (χ1) is 55.6. The Bertz CT molecular complexity index is 5840. The lowest BCUT2D eigenvalue weighted by Crippen LogP contribution is -2.65. The summed E-state index contributed by atoms with van der Waals surface area (Å²) in [5.41, 5.74) is 30.1. The zero-order valence-corrected chi connectivity index (χ0v) is 63.0. The fourth-order valence-corrected chi connectivity index (χ4v) is 22.8. The van der Waals surface area contributed by atoms with Gasteiger partial charge in [0.05, 0.1) is 16.8 Å². The van der Waals surface area contributed by atoms with Gasteiger partial charge in [-0.25, -0.2) is 0 Å². The van der Waals surface area contributed by atoms with E-state index in [9.17, 15) is 0 Å². The smallest absolute Gasteiger partial charge is 0.256 e. The second-order valence-electron chi connectivity index (χ2n) is 32.9. The number of para-hydroxylation sites is 8. The molecule has 9 aliphatic rings. The van der Waals surface area contributed by atoms with Gasteiger partial charge in [0.2, 0.25) is 0 Å². The highest BCUT2D eigenvalue weighted by Gasteiger charge is 2.57. The molecule has 0 radical (unpaired) electrons. The van der Waals surface area contributed by atoms with Gasteiger partial charge in [-0.2, -0.15) is 0 Å². The van der Waals surface area contributed by atoms with Crippen LogP contribution in [0.1, 0.15) is 106 Å². The highest BCUT2D eigenvalue weighted by atomic mass is 16.5. The molecule has 0 aromatic heterocycles. The van der Waals surface area contributed by atoms with Gasteiger partial charge in [-0.3, -0.25) is 0 Å². The third-order valence-corrected chi connectivity index (χ3v) is 27.2. The van der Waals surface area contributed by atoms with Crippen LogP contribution in [0.15, 0.2) is 328 Å². The summed E-state index contributed by atoms with van der Waals surface area (Å²) >= 11 is 0. The molecule has 7 nitrogen and oxygen atoms in total. The van der Waals surface area contributed by atoms with E-state index in [1.54, 1.807) is 0 Å². The molecule has 23 rings (SSSR count). The van der Waals surface area contributed by atoms with Crippen molar-refractivity contribution in [3.63, 3.8) is 0 Å². The van der Waals surface area contributed by atoms with E-state index >= 15 is 0 Å². The number of hydrogen-bond donors (Lipinski definition) is 0. The summed E-state index contributed by atoms with van der Waals surface area (Å²) in [6.07, 6.45) is 16.9. The summed E-state index contributed by atoms with van der Waals surface area (Å²) in [6.45, 7) is -0.379. The molecule has 1 spiro atoms. The first-order valence-electron chi connectivity index (χ1n) is 41.4. The predicted molar refractivity (Wildman–Crippen MR) is 465 cm³/mol. The summed E-state index contributed by atoms with van der Waals surface area (Å²) in [4.78, 5) is 13.1. The lowest BCUT2D eigenvalue weighted by Gasteiger charge is -2.55. The third kappa shape index (κ3) is 10.1. The first-order valence-corrected chi connectivity index (χ1v) is 41.4. The minimum atomic E-state index is -0.850. The van der Waals surface area contributed by atoms with Gasteiger partial charge in [-0.15, -0.1) is 0 Å². The molecule has 0 N–H and O–H groups in total. The number of rotatable bonds is 11. The van der Waals surface area contributed by atoms with Crippen molar-refractivity contribution in [3.8, 4) is 34.1 Å². The van der Waals surface area contributed by atoms with E-state index in [1.807, 2.05) is 0 Å². The molecule has 14 aromatic carbocycles. The maximum absolute atomic E-state index is 8.24. The summed E-state index contributed by atoms with van der Waals surface area (Å²) in [7, 11) is 0. The van der Waals surface area contributed by atoms with Crippen LogP contribution >= 0.6 is 0 Å². The van der Waals surface area contributed by atoms with Crippen LogP contribution < -0.4 is 66.8 Å². The van der Waals surface area contributed by atoms with Gasteiger partial charge in [0.25, 0.3) is 13.4 Å². The Labute approximate surface area is 658 Å². The number of anilines is 14. The number of ether oxygens (including phenoxy) is 2. The van der Waals surface area contributed by atoms with E-state index in [-0.39, 0.29) is 19.5 Å². The minimum absolute atomic E-state index is 0.161. The standard InChI is InChI=1S/C103H85B2N5O2/c1-9-34-68(35-10-1)78-52-33-53-79(69-36-11-2-12-37-69)102(78)110-92-66-96-84(64-88(92)104-86-56-29-31-58-90(86)108(74-46-21-7-22-47-74)93-60-76(61-94(110)100(93)104)106(70-38-13-3-14-39-70)71-40-15-4-16-41-71)103(82-54-27-25-50-80(82)81-51-26-28-55-83(81)103)85-65-89-98(67-97(85)111-96)112-99-63-77(107(72-42-17-5-18-43-72)73-44-19-6-20-45-73)62-95-101(99)105(89)87-57-30-32-59-91(87)109(95)75-48-23-8-24-49-75/h3-8,13-32,38-51,54-69,78-79,102H,1-2,9-12,33-37,52-53H2. The Kier molecular flexibility index (Phi) is 15.5. The van der Waals surface area contributed by atoms with Gasteiger partial charge in [0.15, 0.2) is 0 Å². The Hall–Kier alpha value is -12.2. The summed E-state index contributed by atoms with van der Waals surface area (Å²) in [5.74, 6) is 5.59. The van der Waals surface area contributed by atoms with Crippen LogP contribution in [-0.4, -0.2) is 19.5 Å². The fraction of sp³-hybridized carbons (Fsp3) is 0.184. The molecule has 0 amide bonds. The lowest BCUT2D eigenvalue weighted by molar-refractivity contribution is 0.0839. The van der Waals surface area contributed by atoms with Gasteiger partial charge >= 0.3 is 0 Å². The average molecular weight is 1450 g/mol. The molecule has 112 heavy (non-hydrogen) atoms. The van der Waals surface area contributed by atoms with Crippen LogP contribution in [0.5, 0.6) is 23.0 Å². The van der Waals surface area contributed by atoms with E-state index in [0.717, 1.165) is 96.4 Å². The second kappa shape index (κ2) is 26.5. The van der Waals surface area contributed by atoms with Crippen molar-refractivity contribution in [2.75, 3.05) is 24.5 Å². The van der Waals surface area contributed by atoms with Crippen molar-refractivity contribution in [1.29, 1.82) is 0 Å². The van der Waals surface area contributed by atoms with Crippen LogP contribution in [0, 0.1) is 23.7 Å². The maximum Gasteiger partial charge on any atom is 0.256 e. The molecule has 5 aliphatic heterocycles. The topological polar surface area (TPSA) is 34.7 Å². The molecule has 9 heteroatoms. The summed E-state index contributed by atoms with van der Waals surface area (Å²) in [5, 5.41) is 0. The Balaban J connectivity index is 0.809. The quantitative estimate of drug-likeness (QED) is 0.119. The Morgan fingerprint density at radius 1 is 0.277 bits per heavy atom. The maximum atomic E-state index is 8.24. The molecule has 3 saturated carbocycles. The number of nitrogens with zero attached hydrogens (tertiary/aromatic N) is 5. The van der Waals surface area contributed by atoms with Gasteiger partial charge < -0.3 is 34.0 Å². The molecule has 0 bridgehead atoms. The fourth-order valence-electron chi connectivity index (χ4n) is 22.8. The molecule has 0 saturated heterocycles. The first kappa shape index (κ1) is 65.7. The van der Waals surface area contributed by atoms with Crippen LogP contribution in [0.2, 0.25) is 0 Å². The van der Waals surface area contributed by atoms with E-state index in [1.165, 1.54) is 156 Å².